The number of halogens is 1. The summed E-state index contributed by atoms with van der Waals surface area (Å²) in [6.45, 7) is 0.732. The minimum absolute atomic E-state index is 0.207. The van der Waals surface area contributed by atoms with Crippen LogP contribution >= 0.6 is 11.3 Å². The molecular formula is C20H16FN3S. The summed E-state index contributed by atoms with van der Waals surface area (Å²) in [5, 5.41) is 3.38. The molecule has 4 aromatic rings. The summed E-state index contributed by atoms with van der Waals surface area (Å²) in [5.74, 6) is 0.639. The first-order valence-corrected chi connectivity index (χ1v) is 8.89. The molecule has 0 unspecified atom stereocenters. The zero-order valence-corrected chi connectivity index (χ0v) is 14.3. The number of anilines is 1. The Bertz CT molecular complexity index is 981. The van der Waals surface area contributed by atoms with Gasteiger partial charge in [0.05, 0.1) is 10.2 Å². The number of benzene rings is 2. The van der Waals surface area contributed by atoms with Crippen LogP contribution in [0.1, 0.15) is 5.56 Å². The fraction of sp³-hybridized carbons (Fsp3) is 0.100. The van der Waals surface area contributed by atoms with Gasteiger partial charge in [-0.05, 0) is 35.7 Å². The predicted molar refractivity (Wildman–Crippen MR) is 101 cm³/mol. The zero-order valence-electron chi connectivity index (χ0n) is 13.4. The van der Waals surface area contributed by atoms with Crippen LogP contribution in [0.5, 0.6) is 0 Å². The molecule has 0 amide bonds. The molecule has 124 valence electrons. The van der Waals surface area contributed by atoms with Crippen LogP contribution in [0, 0.1) is 5.82 Å². The van der Waals surface area contributed by atoms with Gasteiger partial charge in [-0.1, -0.05) is 42.5 Å². The maximum absolute atomic E-state index is 13.0. The Morgan fingerprint density at radius 1 is 0.960 bits per heavy atom. The number of hydrogen-bond donors (Lipinski definition) is 1. The lowest BCUT2D eigenvalue weighted by Gasteiger charge is -2.06. The standard InChI is InChI=1S/C20H16FN3S/c21-16-8-6-14(7-9-16)10-11-22-20-19-17(23-13-24-20)12-18(25-19)15-4-2-1-3-5-15/h1-9,12-13H,10-11H2,(H,22,23,24). The van der Waals surface area contributed by atoms with E-state index in [1.807, 2.05) is 30.3 Å². The third kappa shape index (κ3) is 3.51. The molecule has 0 spiro atoms. The molecule has 0 aliphatic carbocycles. The zero-order chi connectivity index (χ0) is 17.1. The molecule has 2 aromatic heterocycles. The minimum atomic E-state index is -0.207. The molecule has 0 fully saturated rings. The Morgan fingerprint density at radius 2 is 1.76 bits per heavy atom. The second-order valence-electron chi connectivity index (χ2n) is 5.72. The highest BCUT2D eigenvalue weighted by atomic mass is 32.1. The van der Waals surface area contributed by atoms with Gasteiger partial charge in [0.2, 0.25) is 0 Å². The maximum atomic E-state index is 13.0. The molecule has 2 aromatic carbocycles. The van der Waals surface area contributed by atoms with Crippen LogP contribution in [0.25, 0.3) is 20.7 Å². The lowest BCUT2D eigenvalue weighted by Crippen LogP contribution is -2.06. The van der Waals surface area contributed by atoms with E-state index in [4.69, 9.17) is 0 Å². The molecule has 25 heavy (non-hydrogen) atoms. The summed E-state index contributed by atoms with van der Waals surface area (Å²) >= 11 is 1.69. The van der Waals surface area contributed by atoms with E-state index in [1.165, 1.54) is 22.6 Å². The highest BCUT2D eigenvalue weighted by molar-refractivity contribution is 7.22. The monoisotopic (exact) mass is 349 g/mol. The number of hydrogen-bond acceptors (Lipinski definition) is 4. The number of nitrogens with one attached hydrogen (secondary N) is 1. The molecule has 5 heteroatoms. The summed E-state index contributed by atoms with van der Waals surface area (Å²) in [6, 6.07) is 19.0. The van der Waals surface area contributed by atoms with Crippen molar-refractivity contribution < 1.29 is 4.39 Å². The van der Waals surface area contributed by atoms with Crippen molar-refractivity contribution in [3.63, 3.8) is 0 Å². The van der Waals surface area contributed by atoms with Gasteiger partial charge in [0.25, 0.3) is 0 Å². The molecule has 0 aliphatic rings. The summed E-state index contributed by atoms with van der Waals surface area (Å²) in [5.41, 5.74) is 3.22. The summed E-state index contributed by atoms with van der Waals surface area (Å²) in [7, 11) is 0. The molecule has 1 N–H and O–H groups in total. The van der Waals surface area contributed by atoms with Crippen LogP contribution in [0.3, 0.4) is 0 Å². The number of aromatic nitrogens is 2. The van der Waals surface area contributed by atoms with Crippen LogP contribution in [-0.2, 0) is 6.42 Å². The van der Waals surface area contributed by atoms with Crippen LogP contribution < -0.4 is 5.32 Å². The largest absolute Gasteiger partial charge is 0.368 e. The smallest absolute Gasteiger partial charge is 0.147 e. The van der Waals surface area contributed by atoms with Crippen molar-refractivity contribution >= 4 is 27.4 Å². The van der Waals surface area contributed by atoms with E-state index in [0.29, 0.717) is 0 Å². The first-order valence-electron chi connectivity index (χ1n) is 8.08. The number of thiophene rings is 1. The first kappa shape index (κ1) is 15.7. The van der Waals surface area contributed by atoms with Gasteiger partial charge >= 0.3 is 0 Å². The van der Waals surface area contributed by atoms with Gasteiger partial charge in [0, 0.05) is 11.4 Å². The number of rotatable bonds is 5. The molecule has 0 aliphatic heterocycles. The molecule has 4 rings (SSSR count). The van der Waals surface area contributed by atoms with Crippen molar-refractivity contribution in [2.75, 3.05) is 11.9 Å². The van der Waals surface area contributed by atoms with Crippen molar-refractivity contribution in [1.82, 2.24) is 9.97 Å². The topological polar surface area (TPSA) is 37.8 Å². The average Bonchev–Trinajstić information content (AvgIpc) is 3.09. The molecule has 0 radical (unpaired) electrons. The van der Waals surface area contributed by atoms with Gasteiger partial charge in [-0.3, -0.25) is 0 Å². The van der Waals surface area contributed by atoms with Crippen LogP contribution in [0.2, 0.25) is 0 Å². The van der Waals surface area contributed by atoms with E-state index >= 15 is 0 Å². The normalized spacial score (nSPS) is 10.9. The van der Waals surface area contributed by atoms with E-state index in [2.05, 4.69) is 33.5 Å². The van der Waals surface area contributed by atoms with Crippen LogP contribution in [-0.4, -0.2) is 16.5 Å². The third-order valence-electron chi connectivity index (χ3n) is 3.99. The number of nitrogens with zero attached hydrogens (tertiary/aromatic N) is 2. The molecular weight excluding hydrogens is 333 g/mol. The first-order chi connectivity index (χ1) is 12.3. The van der Waals surface area contributed by atoms with Gasteiger partial charge in [-0.2, -0.15) is 0 Å². The van der Waals surface area contributed by atoms with Crippen molar-refractivity contribution in [2.45, 2.75) is 6.42 Å². The lowest BCUT2D eigenvalue weighted by molar-refractivity contribution is 0.627. The Morgan fingerprint density at radius 3 is 2.56 bits per heavy atom. The molecule has 0 saturated carbocycles. The third-order valence-corrected chi connectivity index (χ3v) is 5.17. The molecule has 3 nitrogen and oxygen atoms in total. The Hall–Kier alpha value is -2.79. The van der Waals surface area contributed by atoms with Gasteiger partial charge < -0.3 is 5.32 Å². The average molecular weight is 349 g/mol. The van der Waals surface area contributed by atoms with Crippen LogP contribution in [0.4, 0.5) is 10.2 Å². The summed E-state index contributed by atoms with van der Waals surface area (Å²) in [6.07, 6.45) is 2.40. The quantitative estimate of drug-likeness (QED) is 0.541. The van der Waals surface area contributed by atoms with Gasteiger partial charge in [-0.25, -0.2) is 14.4 Å². The van der Waals surface area contributed by atoms with E-state index < -0.39 is 0 Å². The molecule has 0 bridgehead atoms. The van der Waals surface area contributed by atoms with Gasteiger partial charge in [0.1, 0.15) is 18.0 Å². The summed E-state index contributed by atoms with van der Waals surface area (Å²) in [4.78, 5) is 9.95. The van der Waals surface area contributed by atoms with Gasteiger partial charge in [-0.15, -0.1) is 11.3 Å². The second kappa shape index (κ2) is 6.99. The summed E-state index contributed by atoms with van der Waals surface area (Å²) < 4.78 is 14.0. The van der Waals surface area contributed by atoms with Gasteiger partial charge in [0.15, 0.2) is 0 Å². The Balaban J connectivity index is 1.53. The molecule has 2 heterocycles. The highest BCUT2D eigenvalue weighted by Gasteiger charge is 2.10. The van der Waals surface area contributed by atoms with E-state index in [9.17, 15) is 4.39 Å². The Labute approximate surface area is 149 Å². The maximum Gasteiger partial charge on any atom is 0.147 e. The predicted octanol–water partition coefficient (Wildman–Crippen LogP) is 5.15. The van der Waals surface area contributed by atoms with Crippen molar-refractivity contribution in [3.05, 3.63) is 78.4 Å². The van der Waals surface area contributed by atoms with E-state index in [0.717, 1.165) is 34.6 Å². The minimum Gasteiger partial charge on any atom is -0.368 e. The second-order valence-corrected chi connectivity index (χ2v) is 6.77. The van der Waals surface area contributed by atoms with Crippen molar-refractivity contribution in [2.24, 2.45) is 0 Å². The van der Waals surface area contributed by atoms with E-state index in [1.54, 1.807) is 17.7 Å². The molecule has 0 saturated heterocycles. The Kier molecular flexibility index (Phi) is 4.39. The fourth-order valence-corrected chi connectivity index (χ4v) is 3.78. The van der Waals surface area contributed by atoms with Crippen LogP contribution in [0.15, 0.2) is 67.0 Å². The van der Waals surface area contributed by atoms with Crippen molar-refractivity contribution in [1.29, 1.82) is 0 Å². The van der Waals surface area contributed by atoms with E-state index in [-0.39, 0.29) is 5.82 Å². The lowest BCUT2D eigenvalue weighted by atomic mass is 10.1. The highest BCUT2D eigenvalue weighted by Crippen LogP contribution is 2.35. The van der Waals surface area contributed by atoms with Crippen molar-refractivity contribution in [3.8, 4) is 10.4 Å². The fourth-order valence-electron chi connectivity index (χ4n) is 2.70. The SMILES string of the molecule is Fc1ccc(CCNc2ncnc3cc(-c4ccccc4)sc23)cc1. The number of fused-ring (bicyclic) bond motifs is 1. The molecule has 0 atom stereocenters.